The summed E-state index contributed by atoms with van der Waals surface area (Å²) in [7, 11) is 2.02. The molecular formula is C10H16BrN3. The van der Waals surface area contributed by atoms with Crippen molar-refractivity contribution in [3.05, 3.63) is 16.9 Å². The number of hydrogen-bond donors (Lipinski definition) is 0. The first-order valence-electron chi connectivity index (χ1n) is 4.82. The SMILES string of the molecule is CCC(C)CN(C)c1ncc(Br)cn1. The average Bonchev–Trinajstić information content (AvgIpc) is 2.18. The molecule has 1 aromatic rings. The Morgan fingerprint density at radius 1 is 1.43 bits per heavy atom. The lowest BCUT2D eigenvalue weighted by Crippen LogP contribution is -2.25. The molecule has 0 aliphatic carbocycles. The highest BCUT2D eigenvalue weighted by Crippen LogP contribution is 2.11. The van der Waals surface area contributed by atoms with Gasteiger partial charge in [0.15, 0.2) is 0 Å². The number of anilines is 1. The minimum atomic E-state index is 0.673. The Morgan fingerprint density at radius 3 is 2.50 bits per heavy atom. The molecule has 0 spiro atoms. The zero-order chi connectivity index (χ0) is 10.6. The fourth-order valence-corrected chi connectivity index (χ4v) is 1.39. The molecule has 0 aliphatic rings. The average molecular weight is 258 g/mol. The molecule has 1 heterocycles. The summed E-state index contributed by atoms with van der Waals surface area (Å²) in [5.41, 5.74) is 0. The molecule has 0 fully saturated rings. The quantitative estimate of drug-likeness (QED) is 0.831. The fraction of sp³-hybridized carbons (Fsp3) is 0.600. The lowest BCUT2D eigenvalue weighted by atomic mass is 10.1. The second kappa shape index (κ2) is 5.29. The molecule has 0 saturated carbocycles. The zero-order valence-electron chi connectivity index (χ0n) is 8.87. The highest BCUT2D eigenvalue weighted by Gasteiger charge is 2.07. The minimum absolute atomic E-state index is 0.673. The summed E-state index contributed by atoms with van der Waals surface area (Å²) in [6.45, 7) is 5.43. The smallest absolute Gasteiger partial charge is 0.225 e. The van der Waals surface area contributed by atoms with Crippen molar-refractivity contribution in [1.82, 2.24) is 9.97 Å². The summed E-state index contributed by atoms with van der Waals surface area (Å²) in [4.78, 5) is 10.6. The highest BCUT2D eigenvalue weighted by molar-refractivity contribution is 9.10. The van der Waals surface area contributed by atoms with Crippen LogP contribution in [0.3, 0.4) is 0 Å². The number of halogens is 1. The Kier molecular flexibility index (Phi) is 4.32. The van der Waals surface area contributed by atoms with Crippen molar-refractivity contribution in [2.24, 2.45) is 5.92 Å². The van der Waals surface area contributed by atoms with Gasteiger partial charge in [0.05, 0.1) is 4.47 Å². The largest absolute Gasteiger partial charge is 0.344 e. The Bertz CT molecular complexity index is 273. The summed E-state index contributed by atoms with van der Waals surface area (Å²) in [5, 5.41) is 0. The van der Waals surface area contributed by atoms with Crippen molar-refractivity contribution in [1.29, 1.82) is 0 Å². The van der Waals surface area contributed by atoms with Crippen molar-refractivity contribution < 1.29 is 0 Å². The Labute approximate surface area is 93.7 Å². The van der Waals surface area contributed by atoms with Crippen molar-refractivity contribution in [3.8, 4) is 0 Å². The zero-order valence-corrected chi connectivity index (χ0v) is 10.5. The lowest BCUT2D eigenvalue weighted by Gasteiger charge is -2.20. The Hall–Kier alpha value is -0.640. The van der Waals surface area contributed by atoms with Gasteiger partial charge >= 0.3 is 0 Å². The van der Waals surface area contributed by atoms with Gasteiger partial charge in [-0.05, 0) is 21.8 Å². The minimum Gasteiger partial charge on any atom is -0.344 e. The van der Waals surface area contributed by atoms with Gasteiger partial charge in [0.2, 0.25) is 5.95 Å². The van der Waals surface area contributed by atoms with Crippen LogP contribution >= 0.6 is 15.9 Å². The van der Waals surface area contributed by atoms with Crippen molar-refractivity contribution >= 4 is 21.9 Å². The summed E-state index contributed by atoms with van der Waals surface area (Å²) in [6, 6.07) is 0. The molecule has 0 aromatic carbocycles. The number of rotatable bonds is 4. The van der Waals surface area contributed by atoms with Gasteiger partial charge in [-0.25, -0.2) is 9.97 Å². The molecule has 1 atom stereocenters. The van der Waals surface area contributed by atoms with Crippen LogP contribution in [0.25, 0.3) is 0 Å². The number of aromatic nitrogens is 2. The van der Waals surface area contributed by atoms with E-state index >= 15 is 0 Å². The molecule has 0 bridgehead atoms. The molecule has 0 amide bonds. The predicted molar refractivity (Wildman–Crippen MR) is 62.5 cm³/mol. The van der Waals surface area contributed by atoms with Crippen molar-refractivity contribution in [3.63, 3.8) is 0 Å². The topological polar surface area (TPSA) is 29.0 Å². The van der Waals surface area contributed by atoms with E-state index in [-0.39, 0.29) is 0 Å². The number of nitrogens with zero attached hydrogens (tertiary/aromatic N) is 3. The van der Waals surface area contributed by atoms with Gasteiger partial charge in [-0.3, -0.25) is 0 Å². The van der Waals surface area contributed by atoms with Gasteiger partial charge in [0.1, 0.15) is 0 Å². The van der Waals surface area contributed by atoms with Crippen molar-refractivity contribution in [2.75, 3.05) is 18.5 Å². The maximum absolute atomic E-state index is 4.23. The first-order chi connectivity index (χ1) is 6.63. The van der Waals surface area contributed by atoms with E-state index in [1.54, 1.807) is 12.4 Å². The van der Waals surface area contributed by atoms with Gasteiger partial charge in [0, 0.05) is 26.0 Å². The fourth-order valence-electron chi connectivity index (χ4n) is 1.18. The predicted octanol–water partition coefficient (Wildman–Crippen LogP) is 2.72. The van der Waals surface area contributed by atoms with Crippen LogP contribution in [0.5, 0.6) is 0 Å². The van der Waals surface area contributed by atoms with E-state index in [2.05, 4.69) is 44.6 Å². The summed E-state index contributed by atoms with van der Waals surface area (Å²) in [6.07, 6.45) is 4.73. The molecule has 1 rings (SSSR count). The molecule has 0 radical (unpaired) electrons. The molecule has 3 nitrogen and oxygen atoms in total. The second-order valence-electron chi connectivity index (χ2n) is 3.60. The Balaban J connectivity index is 2.60. The van der Waals surface area contributed by atoms with Crippen LogP contribution < -0.4 is 4.90 Å². The van der Waals surface area contributed by atoms with E-state index in [4.69, 9.17) is 0 Å². The van der Waals surface area contributed by atoms with Crippen LogP contribution in [0.2, 0.25) is 0 Å². The molecule has 78 valence electrons. The van der Waals surface area contributed by atoms with E-state index in [1.165, 1.54) is 6.42 Å². The Morgan fingerprint density at radius 2 is 2.00 bits per heavy atom. The van der Waals surface area contributed by atoms with Crippen LogP contribution in [0.1, 0.15) is 20.3 Å². The van der Waals surface area contributed by atoms with E-state index in [0.29, 0.717) is 5.92 Å². The van der Waals surface area contributed by atoms with Gasteiger partial charge in [-0.2, -0.15) is 0 Å². The molecule has 4 heteroatoms. The van der Waals surface area contributed by atoms with E-state index in [9.17, 15) is 0 Å². The molecule has 14 heavy (non-hydrogen) atoms. The number of hydrogen-bond acceptors (Lipinski definition) is 3. The second-order valence-corrected chi connectivity index (χ2v) is 4.51. The van der Waals surface area contributed by atoms with Gasteiger partial charge in [0.25, 0.3) is 0 Å². The highest BCUT2D eigenvalue weighted by atomic mass is 79.9. The van der Waals surface area contributed by atoms with Crippen LogP contribution in [0, 0.1) is 5.92 Å². The van der Waals surface area contributed by atoms with Gasteiger partial charge < -0.3 is 4.90 Å². The third kappa shape index (κ3) is 3.25. The molecular weight excluding hydrogens is 242 g/mol. The van der Waals surface area contributed by atoms with Crippen LogP contribution in [0.15, 0.2) is 16.9 Å². The third-order valence-corrected chi connectivity index (χ3v) is 2.64. The maximum atomic E-state index is 4.23. The van der Waals surface area contributed by atoms with E-state index in [0.717, 1.165) is 17.0 Å². The summed E-state index contributed by atoms with van der Waals surface area (Å²) < 4.78 is 0.915. The molecule has 1 aromatic heterocycles. The van der Waals surface area contributed by atoms with Crippen molar-refractivity contribution in [2.45, 2.75) is 20.3 Å². The molecule has 0 N–H and O–H groups in total. The lowest BCUT2D eigenvalue weighted by molar-refractivity contribution is 0.555. The van der Waals surface area contributed by atoms with Crippen LogP contribution in [-0.2, 0) is 0 Å². The standard InChI is InChI=1S/C10H16BrN3/c1-4-8(2)7-14(3)10-12-5-9(11)6-13-10/h5-6,8H,4,7H2,1-3H3. The molecule has 0 aliphatic heterocycles. The monoisotopic (exact) mass is 257 g/mol. The van der Waals surface area contributed by atoms with E-state index < -0.39 is 0 Å². The van der Waals surface area contributed by atoms with Crippen LogP contribution in [-0.4, -0.2) is 23.6 Å². The normalized spacial score (nSPS) is 12.6. The molecule has 0 saturated heterocycles. The van der Waals surface area contributed by atoms with Gasteiger partial charge in [-0.15, -0.1) is 0 Å². The maximum Gasteiger partial charge on any atom is 0.225 e. The first kappa shape index (κ1) is 11.4. The molecule has 1 unspecified atom stereocenters. The first-order valence-corrected chi connectivity index (χ1v) is 5.61. The summed E-state index contributed by atoms with van der Waals surface area (Å²) >= 11 is 3.32. The van der Waals surface area contributed by atoms with Gasteiger partial charge in [-0.1, -0.05) is 20.3 Å². The summed E-state index contributed by atoms with van der Waals surface area (Å²) in [5.74, 6) is 1.46. The third-order valence-electron chi connectivity index (χ3n) is 2.23. The van der Waals surface area contributed by atoms with E-state index in [1.807, 2.05) is 7.05 Å². The van der Waals surface area contributed by atoms with Crippen LogP contribution in [0.4, 0.5) is 5.95 Å².